The van der Waals surface area contributed by atoms with E-state index in [2.05, 4.69) is 10.1 Å². The predicted octanol–water partition coefficient (Wildman–Crippen LogP) is 5.08. The van der Waals surface area contributed by atoms with Gasteiger partial charge in [0.25, 0.3) is 5.89 Å². The topological polar surface area (TPSA) is 38.9 Å². The summed E-state index contributed by atoms with van der Waals surface area (Å²) >= 11 is 5.87. The summed E-state index contributed by atoms with van der Waals surface area (Å²) in [6, 6.07) is 11.5. The Hall–Kier alpha value is -2.34. The maximum atomic E-state index is 12.7. The second-order valence-corrected chi connectivity index (χ2v) is 4.95. The lowest BCUT2D eigenvalue weighted by Crippen LogP contribution is -2.04. The third kappa shape index (κ3) is 2.96. The third-order valence-electron chi connectivity index (χ3n) is 2.95. The molecule has 3 nitrogen and oxygen atoms in total. The molecule has 0 saturated carbocycles. The van der Waals surface area contributed by atoms with Crippen molar-refractivity contribution in [2.24, 2.45) is 0 Å². The maximum Gasteiger partial charge on any atom is 0.416 e. The molecular formula is C15H8ClF3N2O. The van der Waals surface area contributed by atoms with Crippen molar-refractivity contribution in [1.29, 1.82) is 0 Å². The summed E-state index contributed by atoms with van der Waals surface area (Å²) in [6.45, 7) is 0. The molecule has 0 atom stereocenters. The monoisotopic (exact) mass is 324 g/mol. The van der Waals surface area contributed by atoms with Gasteiger partial charge in [0.15, 0.2) is 0 Å². The van der Waals surface area contributed by atoms with Crippen molar-refractivity contribution >= 4 is 11.6 Å². The van der Waals surface area contributed by atoms with Gasteiger partial charge in [-0.2, -0.15) is 18.2 Å². The van der Waals surface area contributed by atoms with E-state index < -0.39 is 11.7 Å². The Morgan fingerprint density at radius 1 is 0.955 bits per heavy atom. The van der Waals surface area contributed by atoms with Gasteiger partial charge in [-0.3, -0.25) is 0 Å². The lowest BCUT2D eigenvalue weighted by atomic mass is 10.1. The van der Waals surface area contributed by atoms with E-state index in [9.17, 15) is 13.2 Å². The Morgan fingerprint density at radius 3 is 2.41 bits per heavy atom. The van der Waals surface area contributed by atoms with Crippen molar-refractivity contribution in [2.75, 3.05) is 0 Å². The Balaban J connectivity index is 1.98. The van der Waals surface area contributed by atoms with Gasteiger partial charge >= 0.3 is 6.18 Å². The molecule has 3 aromatic rings. The molecule has 1 heterocycles. The van der Waals surface area contributed by atoms with Gasteiger partial charge in [-0.1, -0.05) is 35.0 Å². The Morgan fingerprint density at radius 2 is 1.68 bits per heavy atom. The molecule has 0 aliphatic rings. The van der Waals surface area contributed by atoms with Gasteiger partial charge < -0.3 is 4.52 Å². The van der Waals surface area contributed by atoms with Crippen LogP contribution in [0.5, 0.6) is 0 Å². The summed E-state index contributed by atoms with van der Waals surface area (Å²) in [5.74, 6) is 0.274. The minimum absolute atomic E-state index is 0.0843. The van der Waals surface area contributed by atoms with Crippen molar-refractivity contribution in [3.63, 3.8) is 0 Å². The van der Waals surface area contributed by atoms with Crippen molar-refractivity contribution in [2.45, 2.75) is 6.18 Å². The Labute approximate surface area is 128 Å². The highest BCUT2D eigenvalue weighted by atomic mass is 35.5. The summed E-state index contributed by atoms with van der Waals surface area (Å²) in [4.78, 5) is 4.11. The van der Waals surface area contributed by atoms with Gasteiger partial charge in [0.05, 0.1) is 5.56 Å². The highest BCUT2D eigenvalue weighted by Gasteiger charge is 2.30. The fraction of sp³-hybridized carbons (Fsp3) is 0.0667. The maximum absolute atomic E-state index is 12.7. The first-order valence-electron chi connectivity index (χ1n) is 6.21. The normalized spacial score (nSPS) is 11.6. The van der Waals surface area contributed by atoms with Crippen LogP contribution in [0, 0.1) is 0 Å². The van der Waals surface area contributed by atoms with E-state index in [-0.39, 0.29) is 17.3 Å². The Kier molecular flexibility index (Phi) is 3.62. The number of nitrogens with zero attached hydrogens (tertiary/aromatic N) is 2. The molecule has 0 unspecified atom stereocenters. The summed E-state index contributed by atoms with van der Waals surface area (Å²) < 4.78 is 43.2. The standard InChI is InChI=1S/C15H8ClF3N2O/c16-12-6-2-4-10(8-12)14-20-13(21-22-14)9-3-1-5-11(7-9)15(17,18)19/h1-8H. The molecule has 22 heavy (non-hydrogen) atoms. The second-order valence-electron chi connectivity index (χ2n) is 4.51. The van der Waals surface area contributed by atoms with Crippen LogP contribution in [-0.2, 0) is 6.18 Å². The third-order valence-corrected chi connectivity index (χ3v) is 3.18. The molecule has 0 radical (unpaired) electrons. The van der Waals surface area contributed by atoms with Gasteiger partial charge in [-0.25, -0.2) is 0 Å². The van der Waals surface area contributed by atoms with Crippen LogP contribution in [0.3, 0.4) is 0 Å². The van der Waals surface area contributed by atoms with Gasteiger partial charge in [-0.15, -0.1) is 0 Å². The number of hydrogen-bond acceptors (Lipinski definition) is 3. The fourth-order valence-electron chi connectivity index (χ4n) is 1.91. The van der Waals surface area contributed by atoms with Gasteiger partial charge in [0.1, 0.15) is 0 Å². The number of aromatic nitrogens is 2. The van der Waals surface area contributed by atoms with Crippen LogP contribution in [0.15, 0.2) is 53.1 Å². The number of hydrogen-bond donors (Lipinski definition) is 0. The molecule has 7 heteroatoms. The number of rotatable bonds is 2. The molecule has 0 amide bonds. The largest absolute Gasteiger partial charge is 0.416 e. The molecule has 2 aromatic carbocycles. The fourth-order valence-corrected chi connectivity index (χ4v) is 2.10. The first kappa shape index (κ1) is 14.6. The molecular weight excluding hydrogens is 317 g/mol. The first-order chi connectivity index (χ1) is 10.4. The van der Waals surface area contributed by atoms with Crippen LogP contribution in [0.4, 0.5) is 13.2 Å². The second kappa shape index (κ2) is 5.46. The van der Waals surface area contributed by atoms with Crippen molar-refractivity contribution in [3.05, 3.63) is 59.1 Å². The van der Waals surface area contributed by atoms with E-state index in [0.717, 1.165) is 12.1 Å². The molecule has 0 saturated heterocycles. The minimum Gasteiger partial charge on any atom is -0.334 e. The number of halogens is 4. The minimum atomic E-state index is -4.42. The van der Waals surface area contributed by atoms with Crippen LogP contribution in [0.25, 0.3) is 22.8 Å². The van der Waals surface area contributed by atoms with E-state index in [4.69, 9.17) is 16.1 Å². The van der Waals surface area contributed by atoms with Crippen LogP contribution < -0.4 is 0 Å². The summed E-state index contributed by atoms with van der Waals surface area (Å²) in [7, 11) is 0. The summed E-state index contributed by atoms with van der Waals surface area (Å²) in [6.07, 6.45) is -4.42. The van der Waals surface area contributed by atoms with Gasteiger partial charge in [-0.05, 0) is 30.3 Å². The smallest absolute Gasteiger partial charge is 0.334 e. The number of alkyl halides is 3. The molecule has 112 valence electrons. The zero-order valence-corrected chi connectivity index (χ0v) is 11.7. The van der Waals surface area contributed by atoms with Crippen LogP contribution in [0.1, 0.15) is 5.56 Å². The highest BCUT2D eigenvalue weighted by Crippen LogP contribution is 2.32. The lowest BCUT2D eigenvalue weighted by molar-refractivity contribution is -0.137. The average Bonchev–Trinajstić information content (AvgIpc) is 2.96. The van der Waals surface area contributed by atoms with Crippen molar-refractivity contribution in [1.82, 2.24) is 10.1 Å². The molecule has 0 aliphatic carbocycles. The number of benzene rings is 2. The zero-order valence-electron chi connectivity index (χ0n) is 10.9. The van der Waals surface area contributed by atoms with Crippen molar-refractivity contribution < 1.29 is 17.7 Å². The Bertz CT molecular complexity index is 814. The highest BCUT2D eigenvalue weighted by molar-refractivity contribution is 6.30. The SMILES string of the molecule is FC(F)(F)c1cccc(-c2noc(-c3cccc(Cl)c3)n2)c1. The van der Waals surface area contributed by atoms with E-state index in [1.807, 2.05) is 0 Å². The van der Waals surface area contributed by atoms with Crippen LogP contribution in [0.2, 0.25) is 5.02 Å². The first-order valence-corrected chi connectivity index (χ1v) is 6.58. The van der Waals surface area contributed by atoms with E-state index in [0.29, 0.717) is 10.6 Å². The molecule has 0 spiro atoms. The van der Waals surface area contributed by atoms with Crippen molar-refractivity contribution in [3.8, 4) is 22.8 Å². The van der Waals surface area contributed by atoms with E-state index in [1.54, 1.807) is 24.3 Å². The van der Waals surface area contributed by atoms with Crippen LogP contribution in [-0.4, -0.2) is 10.1 Å². The molecule has 0 N–H and O–H groups in total. The average molecular weight is 325 g/mol. The van der Waals surface area contributed by atoms with Gasteiger partial charge in [0.2, 0.25) is 5.82 Å². The quantitative estimate of drug-likeness (QED) is 0.660. The molecule has 0 bridgehead atoms. The van der Waals surface area contributed by atoms with E-state index >= 15 is 0 Å². The lowest BCUT2D eigenvalue weighted by Gasteiger charge is -2.06. The zero-order chi connectivity index (χ0) is 15.7. The molecule has 1 aromatic heterocycles. The van der Waals surface area contributed by atoms with Gasteiger partial charge in [0, 0.05) is 16.1 Å². The summed E-state index contributed by atoms with van der Waals surface area (Å²) in [5, 5.41) is 4.22. The predicted molar refractivity (Wildman–Crippen MR) is 75.2 cm³/mol. The molecule has 0 aliphatic heterocycles. The van der Waals surface area contributed by atoms with Crippen LogP contribution >= 0.6 is 11.6 Å². The molecule has 3 rings (SSSR count). The summed E-state index contributed by atoms with van der Waals surface area (Å²) in [5.41, 5.74) is 0.0594. The molecule has 0 fully saturated rings. The van der Waals surface area contributed by atoms with E-state index in [1.165, 1.54) is 12.1 Å².